The molecule has 0 aliphatic rings. The number of aryl methyl sites for hydroxylation is 1. The molecule has 1 atom stereocenters. The van der Waals surface area contributed by atoms with Gasteiger partial charge >= 0.3 is 5.97 Å². The number of guanidine groups is 1. The SMILES string of the molecule is COC(=O)c1cc(C(C(=O)N(C)C(=N)N)c2ccc(F)c(-c3cccnc3F)c2)cn1CCF. The molecule has 0 bridgehead atoms. The molecule has 0 saturated heterocycles. The highest BCUT2D eigenvalue weighted by molar-refractivity contribution is 6.00. The Morgan fingerprint density at radius 3 is 2.56 bits per heavy atom. The minimum absolute atomic E-state index is 0.000864. The molecule has 1 unspecified atom stereocenters. The molecular formula is C23H22F3N5O3. The summed E-state index contributed by atoms with van der Waals surface area (Å²) in [5.74, 6) is -4.80. The number of nitrogens with two attached hydrogens (primary N) is 1. The molecular weight excluding hydrogens is 451 g/mol. The van der Waals surface area contributed by atoms with Gasteiger partial charge in [0.05, 0.1) is 19.6 Å². The van der Waals surface area contributed by atoms with E-state index in [4.69, 9.17) is 15.9 Å². The van der Waals surface area contributed by atoms with Crippen molar-refractivity contribution in [3.8, 4) is 11.1 Å². The first-order valence-corrected chi connectivity index (χ1v) is 10.1. The molecule has 0 aliphatic heterocycles. The van der Waals surface area contributed by atoms with Crippen LogP contribution in [0.25, 0.3) is 11.1 Å². The number of likely N-dealkylation sites (N-methyl/N-ethyl adjacent to an activating group) is 1. The minimum Gasteiger partial charge on any atom is -0.464 e. The predicted octanol–water partition coefficient (Wildman–Crippen LogP) is 3.07. The monoisotopic (exact) mass is 473 g/mol. The highest BCUT2D eigenvalue weighted by Gasteiger charge is 2.31. The van der Waals surface area contributed by atoms with Crippen molar-refractivity contribution in [1.82, 2.24) is 14.5 Å². The number of nitrogens with zero attached hydrogens (tertiary/aromatic N) is 3. The van der Waals surface area contributed by atoms with Crippen LogP contribution in [0.2, 0.25) is 0 Å². The molecule has 11 heteroatoms. The van der Waals surface area contributed by atoms with Gasteiger partial charge < -0.3 is 15.0 Å². The van der Waals surface area contributed by atoms with Crippen LogP contribution in [0, 0.1) is 17.2 Å². The number of hydrogen-bond donors (Lipinski definition) is 2. The molecule has 8 nitrogen and oxygen atoms in total. The van der Waals surface area contributed by atoms with Gasteiger partial charge in [0.15, 0.2) is 5.96 Å². The molecule has 2 heterocycles. The second-order valence-corrected chi connectivity index (χ2v) is 7.33. The number of ether oxygens (including phenoxy) is 1. The van der Waals surface area contributed by atoms with Gasteiger partial charge in [0, 0.05) is 30.6 Å². The van der Waals surface area contributed by atoms with E-state index in [9.17, 15) is 22.8 Å². The van der Waals surface area contributed by atoms with Gasteiger partial charge in [-0.05, 0) is 41.5 Å². The summed E-state index contributed by atoms with van der Waals surface area (Å²) in [6.45, 7) is -0.964. The molecule has 178 valence electrons. The third-order valence-corrected chi connectivity index (χ3v) is 5.28. The van der Waals surface area contributed by atoms with Gasteiger partial charge in [0.2, 0.25) is 11.9 Å². The standard InChI is InChI=1S/C23H22F3N5O3/c1-30(23(27)28)21(32)19(14-11-18(22(33)34-2)31(12-14)9-7-24)13-5-6-17(25)16(10-13)15-4-3-8-29-20(15)26/h3-6,8,10-12,19H,7,9H2,1-2H3,(H3,27,28). The van der Waals surface area contributed by atoms with E-state index in [1.807, 2.05) is 0 Å². The predicted molar refractivity (Wildman–Crippen MR) is 118 cm³/mol. The van der Waals surface area contributed by atoms with Crippen molar-refractivity contribution in [3.63, 3.8) is 0 Å². The van der Waals surface area contributed by atoms with Crippen LogP contribution in [0.4, 0.5) is 13.2 Å². The van der Waals surface area contributed by atoms with Crippen LogP contribution in [0.1, 0.15) is 27.5 Å². The second-order valence-electron chi connectivity index (χ2n) is 7.33. The lowest BCUT2D eigenvalue weighted by Gasteiger charge is -2.23. The molecule has 0 fully saturated rings. The lowest BCUT2D eigenvalue weighted by atomic mass is 9.89. The van der Waals surface area contributed by atoms with Gasteiger partial charge in [-0.1, -0.05) is 6.07 Å². The van der Waals surface area contributed by atoms with E-state index in [1.54, 1.807) is 0 Å². The molecule has 1 aromatic carbocycles. The first-order valence-electron chi connectivity index (χ1n) is 10.1. The van der Waals surface area contributed by atoms with Gasteiger partial charge in [0.1, 0.15) is 18.2 Å². The molecule has 34 heavy (non-hydrogen) atoms. The third kappa shape index (κ3) is 4.77. The summed E-state index contributed by atoms with van der Waals surface area (Å²) >= 11 is 0. The lowest BCUT2D eigenvalue weighted by Crippen LogP contribution is -2.41. The number of rotatable bonds is 7. The van der Waals surface area contributed by atoms with Crippen molar-refractivity contribution in [2.45, 2.75) is 12.5 Å². The highest BCUT2D eigenvalue weighted by Crippen LogP contribution is 2.33. The van der Waals surface area contributed by atoms with Crippen LogP contribution in [0.3, 0.4) is 0 Å². The molecule has 1 amide bonds. The van der Waals surface area contributed by atoms with Crippen LogP contribution in [-0.2, 0) is 16.1 Å². The summed E-state index contributed by atoms with van der Waals surface area (Å²) in [5.41, 5.74) is 5.71. The maximum absolute atomic E-state index is 14.7. The number of pyridine rings is 1. The van der Waals surface area contributed by atoms with E-state index in [-0.39, 0.29) is 34.5 Å². The minimum atomic E-state index is -1.18. The van der Waals surface area contributed by atoms with Crippen molar-refractivity contribution in [2.24, 2.45) is 5.73 Å². The van der Waals surface area contributed by atoms with Gasteiger partial charge in [-0.25, -0.2) is 18.6 Å². The molecule has 2 aromatic heterocycles. The summed E-state index contributed by atoms with van der Waals surface area (Å²) in [7, 11) is 2.44. The Morgan fingerprint density at radius 2 is 1.94 bits per heavy atom. The number of nitrogens with one attached hydrogen (secondary N) is 1. The lowest BCUT2D eigenvalue weighted by molar-refractivity contribution is -0.127. The molecule has 3 rings (SSSR count). The van der Waals surface area contributed by atoms with Gasteiger partial charge in [-0.3, -0.25) is 15.1 Å². The molecule has 0 aliphatic carbocycles. The summed E-state index contributed by atoms with van der Waals surface area (Å²) in [6.07, 6.45) is 2.62. The largest absolute Gasteiger partial charge is 0.464 e. The van der Waals surface area contributed by atoms with Crippen LogP contribution in [0.15, 0.2) is 48.8 Å². The van der Waals surface area contributed by atoms with Gasteiger partial charge in [-0.2, -0.15) is 4.39 Å². The summed E-state index contributed by atoms with van der Waals surface area (Å²) < 4.78 is 48.1. The summed E-state index contributed by atoms with van der Waals surface area (Å²) in [4.78, 5) is 29.9. The summed E-state index contributed by atoms with van der Waals surface area (Å²) in [6, 6.07) is 7.83. The number of hydrogen-bond acceptors (Lipinski definition) is 5. The van der Waals surface area contributed by atoms with E-state index in [0.717, 1.165) is 18.1 Å². The molecule has 0 saturated carbocycles. The smallest absolute Gasteiger partial charge is 0.354 e. The zero-order chi connectivity index (χ0) is 25.0. The normalized spacial score (nSPS) is 11.7. The fourth-order valence-electron chi connectivity index (χ4n) is 3.55. The zero-order valence-electron chi connectivity index (χ0n) is 18.4. The van der Waals surface area contributed by atoms with Crippen LogP contribution in [0.5, 0.6) is 0 Å². The van der Waals surface area contributed by atoms with E-state index < -0.39 is 42.2 Å². The number of amides is 1. The van der Waals surface area contributed by atoms with Crippen LogP contribution in [-0.4, -0.2) is 53.1 Å². The number of aromatic nitrogens is 2. The number of halogens is 3. The van der Waals surface area contributed by atoms with Crippen molar-refractivity contribution in [3.05, 3.63) is 77.4 Å². The fourth-order valence-corrected chi connectivity index (χ4v) is 3.55. The van der Waals surface area contributed by atoms with Crippen molar-refractivity contribution < 1.29 is 27.5 Å². The first-order chi connectivity index (χ1) is 16.2. The Kier molecular flexibility index (Phi) is 7.34. The Labute approximate surface area is 193 Å². The van der Waals surface area contributed by atoms with Crippen LogP contribution < -0.4 is 5.73 Å². The first kappa shape index (κ1) is 24.5. The maximum Gasteiger partial charge on any atom is 0.354 e. The van der Waals surface area contributed by atoms with E-state index in [2.05, 4.69) is 4.98 Å². The average molecular weight is 473 g/mol. The van der Waals surface area contributed by atoms with Crippen molar-refractivity contribution >= 4 is 17.8 Å². The number of benzene rings is 1. The topological polar surface area (TPSA) is 114 Å². The second kappa shape index (κ2) is 10.2. The van der Waals surface area contributed by atoms with Gasteiger partial charge in [0.25, 0.3) is 0 Å². The van der Waals surface area contributed by atoms with E-state index in [1.165, 1.54) is 54.3 Å². The number of esters is 1. The van der Waals surface area contributed by atoms with Crippen LogP contribution >= 0.6 is 0 Å². The number of carbonyl (C=O) groups excluding carboxylic acids is 2. The van der Waals surface area contributed by atoms with E-state index >= 15 is 0 Å². The third-order valence-electron chi connectivity index (χ3n) is 5.28. The molecule has 3 aromatic rings. The number of alkyl halides is 1. The van der Waals surface area contributed by atoms with Gasteiger partial charge in [-0.15, -0.1) is 0 Å². The number of methoxy groups -OCH3 is 1. The number of carbonyl (C=O) groups is 2. The average Bonchev–Trinajstić information content (AvgIpc) is 3.23. The quantitative estimate of drug-likeness (QED) is 0.237. The molecule has 0 spiro atoms. The Morgan fingerprint density at radius 1 is 1.21 bits per heavy atom. The van der Waals surface area contributed by atoms with Crippen molar-refractivity contribution in [2.75, 3.05) is 20.8 Å². The molecule has 0 radical (unpaired) electrons. The summed E-state index contributed by atoms with van der Waals surface area (Å²) in [5, 5.41) is 7.64. The highest BCUT2D eigenvalue weighted by atomic mass is 19.1. The Balaban J connectivity index is 2.22. The Bertz CT molecular complexity index is 1240. The van der Waals surface area contributed by atoms with E-state index in [0.29, 0.717) is 0 Å². The maximum atomic E-state index is 14.7. The Hall–Kier alpha value is -4.15. The fraction of sp³-hybridized carbons (Fsp3) is 0.217. The zero-order valence-corrected chi connectivity index (χ0v) is 18.4. The molecule has 3 N–H and O–H groups in total. The van der Waals surface area contributed by atoms with Crippen molar-refractivity contribution in [1.29, 1.82) is 5.41 Å².